The van der Waals surface area contributed by atoms with E-state index < -0.39 is 0 Å². The lowest BCUT2D eigenvalue weighted by atomic mass is 9.37. The number of aromatic nitrogens is 5. The molecule has 0 unspecified atom stereocenters. The zero-order valence-corrected chi connectivity index (χ0v) is 75.2. The van der Waals surface area contributed by atoms with Gasteiger partial charge >= 0.3 is 0 Å². The van der Waals surface area contributed by atoms with Gasteiger partial charge in [-0.15, -0.1) is 0 Å². The average molecular weight is 1710 g/mol. The zero-order valence-electron chi connectivity index (χ0n) is 75.2. The molecular weight excluding hydrogens is 1630 g/mol. The number of nitrogens with zero attached hydrogens (tertiary/aromatic N) is 5. The number of rotatable bonds is 0. The fraction of sp³-hybridized carbons (Fsp3) is 0.0400. The molecule has 0 bridgehead atoms. The molecule has 20 aromatic carbocycles. The Kier molecular flexibility index (Phi) is 14.9. The second-order valence-corrected chi connectivity index (χ2v) is 39.1. The van der Waals surface area contributed by atoms with Gasteiger partial charge in [-0.25, -0.2) is 0 Å². The monoisotopic (exact) mass is 1710 g/mol. The molecule has 5 aromatic heterocycles. The van der Waals surface area contributed by atoms with Gasteiger partial charge in [0.05, 0.1) is 27.6 Å². The van der Waals surface area contributed by atoms with Gasteiger partial charge in [-0.3, -0.25) is 0 Å². The van der Waals surface area contributed by atoms with Crippen molar-refractivity contribution in [3.63, 3.8) is 0 Å². The Morgan fingerprint density at radius 1 is 0.156 bits per heavy atom. The molecule has 25 aromatic rings. The maximum Gasteiger partial charge on any atom is 0.248 e. The normalized spacial score (nSPS) is 13.3. The van der Waals surface area contributed by atoms with Crippen LogP contribution in [0.2, 0.25) is 0 Å². The van der Waals surface area contributed by atoms with E-state index >= 15 is 0 Å². The summed E-state index contributed by atoms with van der Waals surface area (Å²) in [6, 6.07) is 147. The highest BCUT2D eigenvalue weighted by molar-refractivity contribution is 7.04. The Morgan fingerprint density at radius 3 is 0.993 bits per heavy atom. The van der Waals surface area contributed by atoms with Gasteiger partial charge in [-0.2, -0.15) is 0 Å². The lowest BCUT2D eigenvalue weighted by molar-refractivity contribution is 1.18. The maximum atomic E-state index is 2.52. The molecule has 0 spiro atoms. The SMILES string of the molecule is Cc1cc2c3c(c1)c1ccccc1n3-c1cccc3c1B2c1ccccc1-3.Cc1ccc2c3c1c1ccccc1n3-c1cccc3c1B2c1ccccc1-3.Cc1ccc2c3cccc4c3n(c2c1)-c1cccc2c1B4c1ccccc1-2.Cc1ccc2c3ccccc3n3c2c1B1c2ccccc2-c2cccc-3c21.Cc1cccc2c3cccc4c3n(c12)-c1cccc2c1B4c1ccccc1-2. The van der Waals surface area contributed by atoms with Crippen molar-refractivity contribution in [1.29, 1.82) is 0 Å². The van der Waals surface area contributed by atoms with E-state index in [0.29, 0.717) is 33.6 Å². The Balaban J connectivity index is 0.0000000788. The highest BCUT2D eigenvalue weighted by Crippen LogP contribution is 2.46. The predicted octanol–water partition coefficient (Wildman–Crippen LogP) is 19.5. The fourth-order valence-corrected chi connectivity index (χ4v) is 27.6. The van der Waals surface area contributed by atoms with Crippen molar-refractivity contribution in [1.82, 2.24) is 22.8 Å². The fourth-order valence-electron chi connectivity index (χ4n) is 27.6. The summed E-state index contributed by atoms with van der Waals surface area (Å²) < 4.78 is 12.5. The number of para-hydroxylation sites is 6. The highest BCUT2D eigenvalue weighted by Gasteiger charge is 2.48. The summed E-state index contributed by atoms with van der Waals surface area (Å²) in [5.74, 6) is 0. The van der Waals surface area contributed by atoms with Crippen LogP contribution in [-0.4, -0.2) is 56.4 Å². The summed E-state index contributed by atoms with van der Waals surface area (Å²) in [5.41, 5.74) is 62.7. The molecule has 620 valence electrons. The van der Waals surface area contributed by atoms with Gasteiger partial charge in [0.1, 0.15) is 0 Å². The quantitative estimate of drug-likeness (QED) is 0.135. The predicted molar refractivity (Wildman–Crippen MR) is 578 cm³/mol. The van der Waals surface area contributed by atoms with E-state index in [1.165, 1.54) is 303 Å². The van der Waals surface area contributed by atoms with E-state index in [1.807, 2.05) is 0 Å². The average Bonchev–Trinajstić information content (AvgIpc) is 1.54. The van der Waals surface area contributed by atoms with Crippen molar-refractivity contribution in [3.05, 3.63) is 422 Å². The van der Waals surface area contributed by atoms with Crippen molar-refractivity contribution in [2.45, 2.75) is 34.6 Å². The molecular formula is C125H80B5N5. The first-order valence-corrected chi connectivity index (χ1v) is 48.0. The molecule has 0 saturated carbocycles. The van der Waals surface area contributed by atoms with E-state index in [2.05, 4.69) is 452 Å². The van der Waals surface area contributed by atoms with Crippen molar-refractivity contribution in [2.75, 3.05) is 0 Å². The topological polar surface area (TPSA) is 24.6 Å². The summed E-state index contributed by atoms with van der Waals surface area (Å²) in [6.45, 7) is 12.9. The lowest BCUT2D eigenvalue weighted by Crippen LogP contribution is -2.54. The largest absolute Gasteiger partial charge is 0.310 e. The standard InChI is InChI=1S/5C25H16BN/c1-15-13-19-17-8-3-5-11-22(17)27-23-12-6-9-18-16-7-2-4-10-20(16)26(24(18)23)21(14-15)25(19)27;1-15-13-14-20-25-23(15)18-8-3-5-11-21(18)27(25)22-12-6-9-17-16-7-2-4-10-19(16)26(20)24(17)22;1-15-13-14-19-17-8-3-5-11-21(17)27-22-12-6-9-18-16-7-2-4-10-20(16)26(24(18)22)23(15)25(19)27;1-15-7-4-10-18-19-11-5-13-21-25(19)27(24(15)18)22-14-6-9-17-16-8-2-3-12-20(16)26(21)23(17)22;1-15-12-13-17-19-8-4-10-21-25(19)27(23(17)14-15)22-11-5-7-18-16-6-2-3-9-20(16)26(21)24(18)22/h5*2-14H,1H3. The molecule has 0 fully saturated rings. The van der Waals surface area contributed by atoms with Gasteiger partial charge in [-0.05, 0) is 222 Å². The van der Waals surface area contributed by atoms with Crippen molar-refractivity contribution in [2.24, 2.45) is 0 Å². The second-order valence-electron chi connectivity index (χ2n) is 39.1. The minimum atomic E-state index is 0.339. The smallest absolute Gasteiger partial charge is 0.248 e. The summed E-state index contributed by atoms with van der Waals surface area (Å²) in [4.78, 5) is 0. The van der Waals surface area contributed by atoms with Crippen LogP contribution in [-0.2, 0) is 0 Å². The minimum Gasteiger partial charge on any atom is -0.310 e. The molecule has 0 radical (unpaired) electrons. The van der Waals surface area contributed by atoms with Gasteiger partial charge in [0.2, 0.25) is 33.6 Å². The van der Waals surface area contributed by atoms with Gasteiger partial charge in [0, 0.05) is 110 Å². The van der Waals surface area contributed by atoms with E-state index in [9.17, 15) is 0 Å². The molecule has 135 heavy (non-hydrogen) atoms. The molecule has 0 aliphatic carbocycles. The third-order valence-corrected chi connectivity index (χ3v) is 32.5. The third kappa shape index (κ3) is 9.53. The highest BCUT2D eigenvalue weighted by atomic mass is 15.0. The molecule has 35 rings (SSSR count). The molecule has 0 N–H and O–H groups in total. The molecule has 0 atom stereocenters. The molecule has 0 saturated heterocycles. The van der Waals surface area contributed by atoms with Crippen molar-refractivity contribution < 1.29 is 0 Å². The van der Waals surface area contributed by atoms with Crippen LogP contribution in [0.25, 0.3) is 193 Å². The molecule has 10 aliphatic rings. The van der Waals surface area contributed by atoms with E-state index in [1.54, 1.807) is 0 Å². The first kappa shape index (κ1) is 74.4. The first-order valence-electron chi connectivity index (χ1n) is 48.0. The van der Waals surface area contributed by atoms with E-state index in [-0.39, 0.29) is 0 Å². The van der Waals surface area contributed by atoms with Crippen LogP contribution in [0.5, 0.6) is 0 Å². The molecule has 0 amide bonds. The van der Waals surface area contributed by atoms with Crippen LogP contribution in [0.15, 0.2) is 394 Å². The maximum absolute atomic E-state index is 2.52. The number of fused-ring (bicyclic) bond motifs is 40. The molecule has 15 heterocycles. The van der Waals surface area contributed by atoms with Crippen LogP contribution < -0.4 is 81.9 Å². The number of aryl methyl sites for hydroxylation is 5. The van der Waals surface area contributed by atoms with Crippen LogP contribution in [0, 0.1) is 34.6 Å². The van der Waals surface area contributed by atoms with Crippen LogP contribution in [0.4, 0.5) is 0 Å². The van der Waals surface area contributed by atoms with Gasteiger partial charge in [0.25, 0.3) is 0 Å². The third-order valence-electron chi connectivity index (χ3n) is 32.5. The molecule has 5 nitrogen and oxygen atoms in total. The van der Waals surface area contributed by atoms with Gasteiger partial charge in [0.15, 0.2) is 0 Å². The van der Waals surface area contributed by atoms with Gasteiger partial charge < -0.3 is 22.8 Å². The van der Waals surface area contributed by atoms with Crippen molar-refractivity contribution in [3.8, 4) is 84.1 Å². The Labute approximate surface area is 782 Å². The minimum absolute atomic E-state index is 0.339. The molecule has 10 aliphatic heterocycles. The number of hydrogen-bond donors (Lipinski definition) is 0. The summed E-state index contributed by atoms with van der Waals surface area (Å²) in [7, 11) is 0. The summed E-state index contributed by atoms with van der Waals surface area (Å²) >= 11 is 0. The Bertz CT molecular complexity index is 9720. The van der Waals surface area contributed by atoms with Crippen LogP contribution in [0.3, 0.4) is 0 Å². The molecule has 10 heteroatoms. The Morgan fingerprint density at radius 2 is 0.474 bits per heavy atom. The van der Waals surface area contributed by atoms with Crippen molar-refractivity contribution >= 4 is 225 Å². The number of hydrogen-bond acceptors (Lipinski definition) is 0. The van der Waals surface area contributed by atoms with E-state index in [4.69, 9.17) is 0 Å². The summed E-state index contributed by atoms with van der Waals surface area (Å²) in [5, 5.41) is 13.6. The lowest BCUT2D eigenvalue weighted by Gasteiger charge is -2.26. The zero-order chi connectivity index (χ0) is 88.5. The number of benzene rings is 20. The Hall–Kier alpha value is -16.3. The van der Waals surface area contributed by atoms with Gasteiger partial charge in [-0.1, -0.05) is 372 Å². The van der Waals surface area contributed by atoms with Crippen LogP contribution in [0.1, 0.15) is 27.8 Å². The van der Waals surface area contributed by atoms with Crippen LogP contribution >= 0.6 is 0 Å². The van der Waals surface area contributed by atoms with E-state index in [0.717, 1.165) is 0 Å². The summed E-state index contributed by atoms with van der Waals surface area (Å²) in [6.07, 6.45) is 0. The second kappa shape index (κ2) is 27.0. The first-order chi connectivity index (χ1) is 66.7.